The third-order valence-corrected chi connectivity index (χ3v) is 4.17. The van der Waals surface area contributed by atoms with Gasteiger partial charge in [-0.1, -0.05) is 13.8 Å². The molecule has 0 fully saturated rings. The quantitative estimate of drug-likeness (QED) is 0.801. The van der Waals surface area contributed by atoms with Crippen molar-refractivity contribution in [1.82, 2.24) is 9.78 Å². The highest BCUT2D eigenvalue weighted by Crippen LogP contribution is 2.29. The molecule has 1 heterocycles. The maximum atomic E-state index is 12.6. The van der Waals surface area contributed by atoms with Crippen LogP contribution in [0.1, 0.15) is 42.8 Å². The van der Waals surface area contributed by atoms with Crippen molar-refractivity contribution in [1.29, 1.82) is 0 Å². The van der Waals surface area contributed by atoms with E-state index < -0.39 is 11.7 Å². The maximum absolute atomic E-state index is 12.6. The number of alkyl halides is 3. The minimum atomic E-state index is -4.38. The van der Waals surface area contributed by atoms with Crippen molar-refractivity contribution in [3.63, 3.8) is 0 Å². The third kappa shape index (κ3) is 5.09. The number of nitrogens with zero attached hydrogens (tertiary/aromatic N) is 2. The molecule has 0 bridgehead atoms. The van der Waals surface area contributed by atoms with Gasteiger partial charge < -0.3 is 5.32 Å². The van der Waals surface area contributed by atoms with Crippen molar-refractivity contribution in [2.75, 3.05) is 5.32 Å². The van der Waals surface area contributed by atoms with Crippen molar-refractivity contribution in [3.8, 4) is 0 Å². The zero-order chi connectivity index (χ0) is 19.5. The summed E-state index contributed by atoms with van der Waals surface area (Å²) in [7, 11) is 0. The fourth-order valence-electron chi connectivity index (χ4n) is 2.82. The van der Waals surface area contributed by atoms with E-state index in [4.69, 9.17) is 0 Å². The number of hydrogen-bond donors (Lipinski definition) is 1. The van der Waals surface area contributed by atoms with Gasteiger partial charge in [-0.25, -0.2) is 0 Å². The Labute approximate surface area is 151 Å². The van der Waals surface area contributed by atoms with Gasteiger partial charge in [-0.3, -0.25) is 9.48 Å². The Morgan fingerprint density at radius 2 is 1.81 bits per heavy atom. The van der Waals surface area contributed by atoms with E-state index in [1.807, 2.05) is 18.5 Å². The number of hydrogen-bond acceptors (Lipinski definition) is 2. The molecule has 4 nitrogen and oxygen atoms in total. The number of rotatable bonds is 6. The molecule has 142 valence electrons. The summed E-state index contributed by atoms with van der Waals surface area (Å²) in [6, 6.07) is 4.44. The van der Waals surface area contributed by atoms with Gasteiger partial charge in [0.25, 0.3) is 0 Å². The van der Waals surface area contributed by atoms with Gasteiger partial charge in [0.1, 0.15) is 0 Å². The molecule has 1 N–H and O–H groups in total. The van der Waals surface area contributed by atoms with Gasteiger partial charge in [-0.2, -0.15) is 18.3 Å². The molecule has 1 aromatic heterocycles. The van der Waals surface area contributed by atoms with E-state index in [1.54, 1.807) is 0 Å². The molecule has 26 heavy (non-hydrogen) atoms. The second-order valence-electron chi connectivity index (χ2n) is 6.85. The van der Waals surface area contributed by atoms with Crippen LogP contribution in [-0.4, -0.2) is 15.7 Å². The largest absolute Gasteiger partial charge is 0.416 e. The lowest BCUT2D eigenvalue weighted by atomic mass is 10.1. The number of nitrogens with one attached hydrogen (secondary N) is 1. The summed E-state index contributed by atoms with van der Waals surface area (Å²) in [5, 5.41) is 7.16. The molecular formula is C19H24F3N3O. The standard InChI is InChI=1S/C19H24F3N3O/c1-12(2)11-25-14(4)17(13(3)24-25)9-10-18(26)23-16-7-5-15(6-8-16)19(20,21)22/h5-8,12H,9-11H2,1-4H3,(H,23,26). The highest BCUT2D eigenvalue weighted by atomic mass is 19.4. The van der Waals surface area contributed by atoms with Crippen LogP contribution >= 0.6 is 0 Å². The molecule has 0 aliphatic carbocycles. The summed E-state index contributed by atoms with van der Waals surface area (Å²) in [6.45, 7) is 8.98. The fraction of sp³-hybridized carbons (Fsp3) is 0.474. The van der Waals surface area contributed by atoms with Crippen molar-refractivity contribution >= 4 is 11.6 Å². The summed E-state index contributed by atoms with van der Waals surface area (Å²) in [4.78, 5) is 12.1. The first kappa shape index (κ1) is 20.0. The van der Waals surface area contributed by atoms with E-state index in [9.17, 15) is 18.0 Å². The average molecular weight is 367 g/mol. The van der Waals surface area contributed by atoms with Crippen LogP contribution in [0.2, 0.25) is 0 Å². The summed E-state index contributed by atoms with van der Waals surface area (Å²) < 4.78 is 39.6. The number of amides is 1. The Kier molecular flexibility index (Phi) is 6.10. The van der Waals surface area contributed by atoms with Gasteiger partial charge in [0.05, 0.1) is 11.3 Å². The Hall–Kier alpha value is -2.31. The highest BCUT2D eigenvalue weighted by molar-refractivity contribution is 5.90. The van der Waals surface area contributed by atoms with Crippen LogP contribution in [0.3, 0.4) is 0 Å². The molecule has 0 spiro atoms. The maximum Gasteiger partial charge on any atom is 0.416 e. The normalized spacial score (nSPS) is 11.8. The molecule has 1 amide bonds. The van der Waals surface area contributed by atoms with Crippen LogP contribution in [0.15, 0.2) is 24.3 Å². The molecule has 2 rings (SSSR count). The van der Waals surface area contributed by atoms with E-state index in [2.05, 4.69) is 24.3 Å². The van der Waals surface area contributed by atoms with Crippen LogP contribution in [0.5, 0.6) is 0 Å². The lowest BCUT2D eigenvalue weighted by Crippen LogP contribution is -2.13. The predicted molar refractivity (Wildman–Crippen MR) is 94.9 cm³/mol. The molecule has 0 unspecified atom stereocenters. The van der Waals surface area contributed by atoms with Gasteiger partial charge >= 0.3 is 6.18 Å². The molecule has 0 aliphatic rings. The van der Waals surface area contributed by atoms with Crippen LogP contribution in [0.4, 0.5) is 18.9 Å². The predicted octanol–water partition coefficient (Wildman–Crippen LogP) is 4.75. The first-order valence-electron chi connectivity index (χ1n) is 8.58. The minimum absolute atomic E-state index is 0.236. The first-order valence-corrected chi connectivity index (χ1v) is 8.58. The van der Waals surface area contributed by atoms with Gasteiger partial charge in [-0.05, 0) is 56.0 Å². The summed E-state index contributed by atoms with van der Waals surface area (Å²) in [5.41, 5.74) is 2.63. The average Bonchev–Trinajstić information content (AvgIpc) is 2.78. The van der Waals surface area contributed by atoms with Gasteiger partial charge in [-0.15, -0.1) is 0 Å². The van der Waals surface area contributed by atoms with Crippen molar-refractivity contribution in [2.45, 2.75) is 53.3 Å². The lowest BCUT2D eigenvalue weighted by molar-refractivity contribution is -0.137. The molecule has 0 saturated heterocycles. The van der Waals surface area contributed by atoms with Gasteiger partial charge in [0, 0.05) is 24.3 Å². The number of aryl methyl sites for hydroxylation is 1. The topological polar surface area (TPSA) is 46.9 Å². The summed E-state index contributed by atoms with van der Waals surface area (Å²) in [5.74, 6) is 0.240. The van der Waals surface area contributed by atoms with Crippen LogP contribution < -0.4 is 5.32 Å². The molecule has 1 aromatic carbocycles. The number of aromatic nitrogens is 2. The number of carbonyl (C=O) groups is 1. The number of benzene rings is 1. The SMILES string of the molecule is Cc1nn(CC(C)C)c(C)c1CCC(=O)Nc1ccc(C(F)(F)F)cc1. The lowest BCUT2D eigenvalue weighted by Gasteiger charge is -2.09. The molecule has 7 heteroatoms. The zero-order valence-corrected chi connectivity index (χ0v) is 15.4. The van der Waals surface area contributed by atoms with E-state index >= 15 is 0 Å². The van der Waals surface area contributed by atoms with Crippen molar-refractivity contribution in [3.05, 3.63) is 46.8 Å². The summed E-state index contributed by atoms with van der Waals surface area (Å²) in [6.07, 6.45) is -3.59. The van der Waals surface area contributed by atoms with E-state index in [0.29, 0.717) is 18.0 Å². The molecule has 2 aromatic rings. The van der Waals surface area contributed by atoms with E-state index in [0.717, 1.165) is 35.6 Å². The smallest absolute Gasteiger partial charge is 0.326 e. The molecule has 0 aliphatic heterocycles. The highest BCUT2D eigenvalue weighted by Gasteiger charge is 2.30. The second-order valence-corrected chi connectivity index (χ2v) is 6.85. The Morgan fingerprint density at radius 1 is 1.19 bits per heavy atom. The number of carbonyl (C=O) groups excluding carboxylic acids is 1. The zero-order valence-electron chi connectivity index (χ0n) is 15.4. The monoisotopic (exact) mass is 367 g/mol. The van der Waals surface area contributed by atoms with Gasteiger partial charge in [0.2, 0.25) is 5.91 Å². The number of halogens is 3. The Morgan fingerprint density at radius 3 is 2.35 bits per heavy atom. The van der Waals surface area contributed by atoms with Crippen molar-refractivity contribution < 1.29 is 18.0 Å². The van der Waals surface area contributed by atoms with Crippen LogP contribution in [0.25, 0.3) is 0 Å². The minimum Gasteiger partial charge on any atom is -0.326 e. The fourth-order valence-corrected chi connectivity index (χ4v) is 2.82. The second kappa shape index (κ2) is 7.93. The van der Waals surface area contributed by atoms with Gasteiger partial charge in [0.15, 0.2) is 0 Å². The summed E-state index contributed by atoms with van der Waals surface area (Å²) >= 11 is 0. The number of anilines is 1. The Balaban J connectivity index is 1.96. The van der Waals surface area contributed by atoms with Crippen LogP contribution in [0, 0.1) is 19.8 Å². The van der Waals surface area contributed by atoms with E-state index in [-0.39, 0.29) is 12.3 Å². The molecule has 0 atom stereocenters. The van der Waals surface area contributed by atoms with E-state index in [1.165, 1.54) is 12.1 Å². The first-order chi connectivity index (χ1) is 12.1. The molecule has 0 radical (unpaired) electrons. The van der Waals surface area contributed by atoms with Crippen LogP contribution in [-0.2, 0) is 23.9 Å². The third-order valence-electron chi connectivity index (χ3n) is 4.17. The molecular weight excluding hydrogens is 343 g/mol. The molecule has 0 saturated carbocycles. The Bertz CT molecular complexity index is 762. The van der Waals surface area contributed by atoms with Crippen molar-refractivity contribution in [2.24, 2.45) is 5.92 Å².